The number of hydrogen-bond acceptors (Lipinski definition) is 28. The number of carboxylic acids is 5. The first-order chi connectivity index (χ1) is 70.0. The summed E-state index contributed by atoms with van der Waals surface area (Å²) in [4.78, 5) is 293. The lowest BCUT2D eigenvalue weighted by molar-refractivity contribution is -0.144. The molecule has 0 aliphatic carbocycles. The average Bonchev–Trinajstić information content (AvgIpc) is 1.71. The molecule has 0 unspecified atom stereocenters. The van der Waals surface area contributed by atoms with Crippen LogP contribution in [0.5, 0.6) is 5.75 Å². The molecule has 54 nitrogen and oxygen atoms in total. The van der Waals surface area contributed by atoms with Crippen molar-refractivity contribution in [2.24, 2.45) is 46.6 Å². The van der Waals surface area contributed by atoms with E-state index < -0.39 is 315 Å². The SMILES string of the molecule is CSCC[C@H](NC(=O)[C@H](CC(C)C)NC(=O)[C@H](CCCNC(=N)N)NC(=O)[C@H](CC(=O)O)NC(=O)[C@H](CC(C)C)NC(=O)[C@H](C)NC(=O)[C@H](CC(=O)O)NC(=O)[C@@H](N)CC(C)C)C(=O)N[C@@H](CCCNC(=N)N)C(=O)N[C@@H](Cc1ccc(O)cc1)C(=O)N[C@@H](Cc1ccccc1)C(=O)N[C@@H](CCC(=O)O)C(=O)N[C@@H](CCC(=O)O)C(=O)N[C@@H](CCCNC(=N)N)C(=O)N1CCC[C@H]1C(=O)N[C@@H](CO)C(=O)N[C@@H](CC(C)C)C(=O)O. The van der Waals surface area contributed by atoms with Crippen molar-refractivity contribution in [3.05, 3.63) is 65.7 Å². The molecule has 1 fully saturated rings. The molecule has 0 aromatic heterocycles. The molecule has 1 aliphatic rings. The maximum atomic E-state index is 15.4. The second-order valence-corrected chi connectivity index (χ2v) is 38.8. The predicted molar refractivity (Wildman–Crippen MR) is 541 cm³/mol. The number of amides is 16. The van der Waals surface area contributed by atoms with E-state index in [1.165, 1.54) is 55.1 Å². The van der Waals surface area contributed by atoms with Crippen LogP contribution >= 0.6 is 11.8 Å². The maximum absolute atomic E-state index is 15.4. The molecule has 0 saturated carbocycles. The van der Waals surface area contributed by atoms with Crippen molar-refractivity contribution in [3.8, 4) is 5.75 Å². The Morgan fingerprint density at radius 1 is 0.369 bits per heavy atom. The van der Waals surface area contributed by atoms with Gasteiger partial charge in [-0.2, -0.15) is 11.8 Å². The third-order valence-corrected chi connectivity index (χ3v) is 23.7. The molecule has 1 saturated heterocycles. The number of thioether (sulfide) groups is 1. The van der Waals surface area contributed by atoms with E-state index in [0.29, 0.717) is 5.56 Å². The van der Waals surface area contributed by atoms with Gasteiger partial charge in [-0.05, 0) is 162 Å². The van der Waals surface area contributed by atoms with Crippen LogP contribution in [-0.2, 0) is 114 Å². The predicted octanol–water partition coefficient (Wildman–Crippen LogP) is -5.73. The van der Waals surface area contributed by atoms with Crippen LogP contribution in [0.3, 0.4) is 0 Å². The quantitative estimate of drug-likeness (QED) is 0.0167. The van der Waals surface area contributed by atoms with Gasteiger partial charge in [0.05, 0.1) is 25.5 Å². The minimum atomic E-state index is -2.02. The Kier molecular flexibility index (Phi) is 57.2. The lowest BCUT2D eigenvalue weighted by Gasteiger charge is -2.31. The number of likely N-dealkylation sites (tertiary alicyclic amines) is 1. The van der Waals surface area contributed by atoms with Crippen molar-refractivity contribution in [3.63, 3.8) is 0 Å². The second kappa shape index (κ2) is 66.4. The van der Waals surface area contributed by atoms with Gasteiger partial charge in [-0.1, -0.05) is 97.9 Å². The number of aliphatic hydroxyl groups excluding tert-OH is 1. The normalized spacial score (nSPS) is 15.4. The number of benzene rings is 2. The van der Waals surface area contributed by atoms with E-state index in [0.717, 1.165) is 4.90 Å². The van der Waals surface area contributed by atoms with Gasteiger partial charge in [-0.15, -0.1) is 0 Å². The highest BCUT2D eigenvalue weighted by Crippen LogP contribution is 2.23. The molecular formula is C94H150N26O28S. The summed E-state index contributed by atoms with van der Waals surface area (Å²) in [7, 11) is 0. The van der Waals surface area contributed by atoms with Crippen LogP contribution in [0, 0.1) is 39.9 Å². The minimum absolute atomic E-state index is 0.0188. The summed E-state index contributed by atoms with van der Waals surface area (Å²) in [5, 5.41) is 138. The largest absolute Gasteiger partial charge is 0.508 e. The number of phenolic OH excluding ortho intramolecular Hbond substituents is 1. The first-order valence-electron chi connectivity index (χ1n) is 48.9. The van der Waals surface area contributed by atoms with E-state index in [2.05, 4.69) is 95.7 Å². The molecule has 16 amide bonds. The van der Waals surface area contributed by atoms with E-state index in [9.17, 15) is 117 Å². The standard InChI is InChI=1S/C94H150N26O28S/c1-47(2)38-55(95)76(132)113-66(44-73(127)128)82(138)105-51(9)75(131)112-62(39-48(3)4)84(140)117-67(45-74(129)130)87(143)107-57(21-15-34-103-93(98)99)77(133)114-63(40-49(5)6)83(139)110-60(32-37-149-10)81(137)106-56(20-14-33-102-92(96)97)78(134)115-65(43-53-24-26-54(122)27-25-53)86(142)116-64(42-52-18-12-11-13-19-52)85(141)109-58(28-30-71(123)124)79(135)108-59(29-31-72(125)126)80(136)111-61(22-16-35-104-94(100)101)90(146)120-36-17-23-70(120)89(145)119-69(46-121)88(144)118-68(91(147)148)41-50(7)8/h11-13,18-19,24-27,47-51,55-70,121-122H,14-17,20-23,28-46,95H2,1-10H3,(H,105,138)(H,106,137)(H,107,143)(H,108,135)(H,109,141)(H,110,139)(H,111,136)(H,112,131)(H,113,132)(H,114,133)(H,115,134)(H,116,142)(H,117,140)(H,118,144)(H,119,145)(H,123,124)(H,125,126)(H,127,128)(H,129,130)(H,147,148)(H4,96,97,102)(H4,98,99,103)(H4,100,101,104)/t51-,55-,56-,57-,58-,59-,60-,61-,62-,63-,64-,65-,66-,67-,68-,69-,70-/m0/s1. The number of aliphatic carboxylic acids is 5. The van der Waals surface area contributed by atoms with Crippen molar-refractivity contribution in [2.75, 3.05) is 44.8 Å². The zero-order chi connectivity index (χ0) is 112. The highest BCUT2D eigenvalue weighted by atomic mass is 32.2. The van der Waals surface area contributed by atoms with Crippen LogP contribution in [0.25, 0.3) is 0 Å². The molecule has 1 aliphatic heterocycles. The van der Waals surface area contributed by atoms with Crippen molar-refractivity contribution in [1.82, 2.24) is 101 Å². The first-order valence-corrected chi connectivity index (χ1v) is 50.3. The summed E-state index contributed by atoms with van der Waals surface area (Å²) < 4.78 is 0. The molecule has 17 atom stereocenters. The number of carbonyl (C=O) groups excluding carboxylic acids is 16. The van der Waals surface area contributed by atoms with Gasteiger partial charge < -0.3 is 159 Å². The Balaban J connectivity index is 2.13. The van der Waals surface area contributed by atoms with Gasteiger partial charge in [0.15, 0.2) is 17.9 Å². The smallest absolute Gasteiger partial charge is 0.326 e. The van der Waals surface area contributed by atoms with Gasteiger partial charge in [0.25, 0.3) is 0 Å². The van der Waals surface area contributed by atoms with Crippen molar-refractivity contribution >= 4 is 154 Å². The Bertz CT molecular complexity index is 4910. The van der Waals surface area contributed by atoms with Gasteiger partial charge in [0.1, 0.15) is 102 Å². The number of nitrogens with zero attached hydrogens (tertiary/aromatic N) is 1. The highest BCUT2D eigenvalue weighted by molar-refractivity contribution is 7.98. The van der Waals surface area contributed by atoms with Crippen LogP contribution in [-0.4, -0.2) is 330 Å². The van der Waals surface area contributed by atoms with Crippen LogP contribution in [0.1, 0.15) is 195 Å². The first kappa shape index (κ1) is 128. The van der Waals surface area contributed by atoms with Gasteiger partial charge in [0.2, 0.25) is 94.5 Å². The molecule has 149 heavy (non-hydrogen) atoms. The van der Waals surface area contributed by atoms with E-state index >= 15 is 19.2 Å². The van der Waals surface area contributed by atoms with Crippen LogP contribution in [0.2, 0.25) is 0 Å². The molecule has 2 aromatic rings. The number of nitrogens with two attached hydrogens (primary N) is 4. The monoisotopic (exact) mass is 2120 g/mol. The number of carboxylic acid groups (broad SMARTS) is 5. The van der Waals surface area contributed by atoms with Gasteiger partial charge >= 0.3 is 29.8 Å². The molecule has 830 valence electrons. The lowest BCUT2D eigenvalue weighted by Crippen LogP contribution is -2.61. The molecule has 55 heteroatoms. The summed E-state index contributed by atoms with van der Waals surface area (Å²) in [6, 6.07) is -15.1. The van der Waals surface area contributed by atoms with Crippen molar-refractivity contribution < 1.29 is 136 Å². The van der Waals surface area contributed by atoms with Gasteiger partial charge in [-0.25, -0.2) is 4.79 Å². The molecular weight excluding hydrogens is 1970 g/mol. The number of hydrogen-bond donors (Lipinski definition) is 32. The lowest BCUT2D eigenvalue weighted by atomic mass is 10.0. The van der Waals surface area contributed by atoms with E-state index in [1.807, 2.05) is 0 Å². The summed E-state index contributed by atoms with van der Waals surface area (Å²) in [6.07, 6.45) is -5.92. The summed E-state index contributed by atoms with van der Waals surface area (Å²) in [5.41, 5.74) is 23.2. The third kappa shape index (κ3) is 50.0. The summed E-state index contributed by atoms with van der Waals surface area (Å²) in [6.45, 7) is 13.3. The zero-order valence-electron chi connectivity index (χ0n) is 85.3. The van der Waals surface area contributed by atoms with Gasteiger partial charge in [0, 0.05) is 51.9 Å². The minimum Gasteiger partial charge on any atom is -0.508 e. The topological polar surface area (TPSA) is 895 Å². The number of carbonyl (C=O) groups is 21. The van der Waals surface area contributed by atoms with E-state index in [4.69, 9.17) is 39.2 Å². The van der Waals surface area contributed by atoms with E-state index in [-0.39, 0.29) is 139 Å². The number of guanidine groups is 3. The molecule has 3 rings (SSSR count). The number of rotatable bonds is 70. The van der Waals surface area contributed by atoms with Crippen molar-refractivity contribution in [1.29, 1.82) is 16.2 Å². The Labute approximate surface area is 866 Å². The number of aromatic hydroxyl groups is 1. The Morgan fingerprint density at radius 2 is 0.691 bits per heavy atom. The fourth-order valence-electron chi connectivity index (χ4n) is 15.5. The van der Waals surface area contributed by atoms with Gasteiger partial charge in [-0.3, -0.25) is 112 Å². The molecule has 0 radical (unpaired) electrons. The van der Waals surface area contributed by atoms with E-state index in [1.54, 1.807) is 79.8 Å². The fraction of sp³-hybridized carbons (Fsp3) is 0.617. The third-order valence-electron chi connectivity index (χ3n) is 23.1. The number of phenols is 1. The molecule has 2 aromatic carbocycles. The zero-order valence-corrected chi connectivity index (χ0v) is 86.1. The molecule has 36 N–H and O–H groups in total. The van der Waals surface area contributed by atoms with Crippen LogP contribution in [0.15, 0.2) is 54.6 Å². The van der Waals surface area contributed by atoms with Crippen LogP contribution < -0.4 is 119 Å². The second-order valence-electron chi connectivity index (χ2n) is 37.8. The van der Waals surface area contributed by atoms with Crippen LogP contribution in [0.4, 0.5) is 0 Å². The number of nitrogens with one attached hydrogen (secondary N) is 21. The Morgan fingerprint density at radius 3 is 1.08 bits per heavy atom. The van der Waals surface area contributed by atoms with Crippen molar-refractivity contribution in [2.45, 2.75) is 300 Å². The molecule has 0 bridgehead atoms. The average molecular weight is 2120 g/mol. The molecule has 0 spiro atoms. The Hall–Kier alpha value is -14.8. The fourth-order valence-corrected chi connectivity index (χ4v) is 16.0. The summed E-state index contributed by atoms with van der Waals surface area (Å²) in [5.74, 6) is -27.8. The molecule has 1 heterocycles. The maximum Gasteiger partial charge on any atom is 0.326 e. The highest BCUT2D eigenvalue weighted by Gasteiger charge is 2.43. The number of aliphatic hydroxyl groups is 1. The summed E-state index contributed by atoms with van der Waals surface area (Å²) >= 11 is 1.22.